The summed E-state index contributed by atoms with van der Waals surface area (Å²) in [6, 6.07) is 8.48. The van der Waals surface area contributed by atoms with Crippen molar-refractivity contribution in [2.24, 2.45) is 7.05 Å². The first-order chi connectivity index (χ1) is 7.84. The molecule has 0 atom stereocenters. The van der Waals surface area contributed by atoms with E-state index in [4.69, 9.17) is 0 Å². The Kier molecular flexibility index (Phi) is 2.43. The number of hydrogen-bond acceptors (Lipinski definition) is 0. The van der Waals surface area contributed by atoms with Crippen molar-refractivity contribution in [3.63, 3.8) is 0 Å². The number of rotatable bonds is 2. The van der Waals surface area contributed by atoms with Gasteiger partial charge >= 0.3 is 0 Å². The average molecular weight is 210 g/mol. The Morgan fingerprint density at radius 1 is 1.12 bits per heavy atom. The van der Waals surface area contributed by atoms with Crippen LogP contribution in [0.3, 0.4) is 0 Å². The molecule has 0 amide bonds. The van der Waals surface area contributed by atoms with Crippen molar-refractivity contribution in [1.29, 1.82) is 0 Å². The number of hydrogen-bond donors (Lipinski definition) is 0. The monoisotopic (exact) mass is 210 g/mol. The first kappa shape index (κ1) is 9.88. The predicted octanol–water partition coefficient (Wildman–Crippen LogP) is 1.87. The van der Waals surface area contributed by atoms with Gasteiger partial charge in [0.1, 0.15) is 0 Å². The van der Waals surface area contributed by atoms with Crippen LogP contribution in [0, 0.1) is 31.6 Å². The van der Waals surface area contributed by atoms with Gasteiger partial charge in [0.2, 0.25) is 6.33 Å². The van der Waals surface area contributed by atoms with E-state index in [1.165, 1.54) is 17.0 Å². The molecule has 1 aliphatic carbocycles. The molecular weight excluding hydrogens is 196 g/mol. The molecule has 0 N–H and O–H groups in total. The molecule has 0 bridgehead atoms. The molecule has 1 saturated carbocycles. The van der Waals surface area contributed by atoms with Crippen LogP contribution >= 0.6 is 0 Å². The molecule has 1 fully saturated rings. The van der Waals surface area contributed by atoms with Crippen molar-refractivity contribution in [3.05, 3.63) is 62.2 Å². The molecule has 5 radical (unpaired) electrons. The van der Waals surface area contributed by atoms with Crippen molar-refractivity contribution in [2.45, 2.75) is 6.54 Å². The Morgan fingerprint density at radius 2 is 1.88 bits per heavy atom. The van der Waals surface area contributed by atoms with Crippen molar-refractivity contribution in [1.82, 2.24) is 4.57 Å². The van der Waals surface area contributed by atoms with Gasteiger partial charge in [-0.25, -0.2) is 9.13 Å². The number of fused-ring (bicyclic) bond motifs is 1. The van der Waals surface area contributed by atoms with Gasteiger partial charge in [-0.2, -0.15) is 0 Å². The maximum atomic E-state index is 2.28. The maximum absolute atomic E-state index is 2.28. The second kappa shape index (κ2) is 3.93. The number of aromatic nitrogens is 2. The highest BCUT2D eigenvalue weighted by Gasteiger charge is 2.21. The number of benzene rings is 1. The van der Waals surface area contributed by atoms with Gasteiger partial charge in [-0.15, -0.1) is 0 Å². The van der Waals surface area contributed by atoms with Crippen molar-refractivity contribution in [2.75, 3.05) is 0 Å². The molecule has 0 unspecified atom stereocenters. The Bertz CT molecular complexity index is 492. The third-order valence-electron chi connectivity index (χ3n) is 2.97. The van der Waals surface area contributed by atoms with Gasteiger partial charge in [-0.3, -0.25) is 0 Å². The fraction of sp³-hybridized carbons (Fsp3) is 0.143. The molecule has 2 heteroatoms. The molecule has 2 nitrogen and oxygen atoms in total. The molecule has 3 rings (SSSR count). The summed E-state index contributed by atoms with van der Waals surface area (Å²) in [4.78, 5) is 0. The van der Waals surface area contributed by atoms with Crippen molar-refractivity contribution < 1.29 is 4.57 Å². The lowest BCUT2D eigenvalue weighted by Gasteiger charge is -2.03. The Balaban J connectivity index is 1.96. The minimum Gasteiger partial charge on any atom is -0.233 e. The summed E-state index contributed by atoms with van der Waals surface area (Å²) >= 11 is 0. The van der Waals surface area contributed by atoms with Gasteiger partial charge < -0.3 is 0 Å². The van der Waals surface area contributed by atoms with Gasteiger partial charge in [0.05, 0.1) is 13.6 Å². The first-order valence-electron chi connectivity index (χ1n) is 5.49. The normalized spacial score (nSPS) is 17.3. The van der Waals surface area contributed by atoms with Crippen molar-refractivity contribution >= 4 is 11.0 Å². The van der Waals surface area contributed by atoms with Gasteiger partial charge in [-0.05, 0) is 37.8 Å². The highest BCUT2D eigenvalue weighted by molar-refractivity contribution is 5.71. The Hall–Kier alpha value is -1.31. The summed E-state index contributed by atoms with van der Waals surface area (Å²) in [5, 5.41) is 0. The number of aryl methyl sites for hydroxylation is 1. The SMILES string of the molecule is C[n+]1cn(C[C]2[CH][CH][CH][CH]2)c2ccccc21. The van der Waals surface area contributed by atoms with E-state index in [-0.39, 0.29) is 0 Å². The summed E-state index contributed by atoms with van der Waals surface area (Å²) in [5.41, 5.74) is 2.56. The van der Waals surface area contributed by atoms with Crippen LogP contribution < -0.4 is 4.57 Å². The topological polar surface area (TPSA) is 8.81 Å². The van der Waals surface area contributed by atoms with Gasteiger partial charge in [-0.1, -0.05) is 12.1 Å². The van der Waals surface area contributed by atoms with Gasteiger partial charge in [0, 0.05) is 5.92 Å². The fourth-order valence-corrected chi connectivity index (χ4v) is 2.18. The summed E-state index contributed by atoms with van der Waals surface area (Å²) in [6.45, 7) is 0.939. The minimum absolute atomic E-state index is 0.939. The summed E-state index contributed by atoms with van der Waals surface area (Å²) in [5.74, 6) is 1.35. The van der Waals surface area contributed by atoms with E-state index < -0.39 is 0 Å². The van der Waals surface area contributed by atoms with Gasteiger partial charge in [0.15, 0.2) is 11.0 Å². The first-order valence-corrected chi connectivity index (χ1v) is 5.49. The van der Waals surface area contributed by atoms with Crippen LogP contribution in [0.25, 0.3) is 11.0 Å². The quantitative estimate of drug-likeness (QED) is 0.669. The van der Waals surface area contributed by atoms with E-state index in [1.807, 2.05) is 0 Å². The van der Waals surface area contributed by atoms with E-state index >= 15 is 0 Å². The maximum Gasteiger partial charge on any atom is 0.244 e. The third-order valence-corrected chi connectivity index (χ3v) is 2.97. The van der Waals surface area contributed by atoms with Crippen molar-refractivity contribution in [3.8, 4) is 0 Å². The number of nitrogens with zero attached hydrogens (tertiary/aromatic N) is 2. The molecular formula is C14H14N2+. The minimum atomic E-state index is 0.939. The molecule has 16 heavy (non-hydrogen) atoms. The fourth-order valence-electron chi connectivity index (χ4n) is 2.18. The second-order valence-corrected chi connectivity index (χ2v) is 4.14. The largest absolute Gasteiger partial charge is 0.244 e. The summed E-state index contributed by atoms with van der Waals surface area (Å²) in [7, 11) is 2.09. The predicted molar refractivity (Wildman–Crippen MR) is 63.6 cm³/mol. The summed E-state index contributed by atoms with van der Waals surface area (Å²) < 4.78 is 4.45. The molecule has 0 spiro atoms. The zero-order chi connectivity index (χ0) is 11.0. The standard InChI is InChI=1S/C14H14N2/c1-15-11-16(10-12-6-2-3-7-12)14-9-5-4-8-13(14)15/h2-9,11H,10H2,1H3/q+1. The molecule has 1 aliphatic rings. The lowest BCUT2D eigenvalue weighted by atomic mass is 10.1. The molecule has 0 saturated heterocycles. The second-order valence-electron chi connectivity index (χ2n) is 4.14. The van der Waals surface area contributed by atoms with E-state index in [9.17, 15) is 0 Å². The zero-order valence-electron chi connectivity index (χ0n) is 9.30. The van der Waals surface area contributed by atoms with Crippen LogP contribution in [0.2, 0.25) is 0 Å². The molecule has 1 aromatic heterocycles. The lowest BCUT2D eigenvalue weighted by molar-refractivity contribution is -0.645. The van der Waals surface area contributed by atoms with E-state index in [2.05, 4.69) is 72.5 Å². The smallest absolute Gasteiger partial charge is 0.233 e. The highest BCUT2D eigenvalue weighted by Crippen LogP contribution is 2.25. The number of imidazole rings is 1. The van der Waals surface area contributed by atoms with E-state index in [0.29, 0.717) is 0 Å². The number of para-hydroxylation sites is 2. The molecule has 79 valence electrons. The van der Waals surface area contributed by atoms with Crippen LogP contribution in [0.1, 0.15) is 0 Å². The Labute approximate surface area is 96.5 Å². The average Bonchev–Trinajstić information content (AvgIpc) is 2.90. The van der Waals surface area contributed by atoms with Crippen LogP contribution in [-0.2, 0) is 13.6 Å². The van der Waals surface area contributed by atoms with E-state index in [0.717, 1.165) is 6.54 Å². The van der Waals surface area contributed by atoms with Gasteiger partial charge in [0.25, 0.3) is 0 Å². The van der Waals surface area contributed by atoms with Crippen LogP contribution in [0.4, 0.5) is 0 Å². The molecule has 1 aromatic carbocycles. The van der Waals surface area contributed by atoms with E-state index in [1.54, 1.807) is 0 Å². The Morgan fingerprint density at radius 3 is 2.69 bits per heavy atom. The molecule has 1 heterocycles. The van der Waals surface area contributed by atoms with Crippen LogP contribution in [0.5, 0.6) is 0 Å². The zero-order valence-corrected chi connectivity index (χ0v) is 9.30. The molecule has 2 aromatic rings. The third kappa shape index (κ3) is 1.62. The molecule has 0 aliphatic heterocycles. The van der Waals surface area contributed by atoms with Crippen LogP contribution in [0.15, 0.2) is 30.6 Å². The lowest BCUT2D eigenvalue weighted by Crippen LogP contribution is -2.25. The van der Waals surface area contributed by atoms with Crippen LogP contribution in [-0.4, -0.2) is 4.57 Å². The summed E-state index contributed by atoms with van der Waals surface area (Å²) in [6.07, 6.45) is 10.6. The highest BCUT2D eigenvalue weighted by atomic mass is 15.1.